The van der Waals surface area contributed by atoms with E-state index in [0.29, 0.717) is 6.17 Å². The molecule has 0 fully saturated rings. The lowest BCUT2D eigenvalue weighted by Gasteiger charge is -2.25. The Morgan fingerprint density at radius 1 is 1.06 bits per heavy atom. The third-order valence-electron chi connectivity index (χ3n) is 3.12. The summed E-state index contributed by atoms with van der Waals surface area (Å²) in [6, 6.07) is 14.9. The van der Waals surface area contributed by atoms with Crippen LogP contribution >= 0.6 is 0 Å². The predicted octanol–water partition coefficient (Wildman–Crippen LogP) is 3.55. The van der Waals surface area contributed by atoms with E-state index in [0.717, 1.165) is 6.42 Å². The van der Waals surface area contributed by atoms with Crippen LogP contribution in [0, 0.1) is 0 Å². The van der Waals surface area contributed by atoms with Gasteiger partial charge in [0, 0.05) is 11.1 Å². The van der Waals surface area contributed by atoms with Crippen LogP contribution in [0.3, 0.4) is 0 Å². The Balaban J connectivity index is 2.35. The Morgan fingerprint density at radius 2 is 1.76 bits per heavy atom. The maximum Gasteiger partial charge on any atom is 0.0785 e. The third-order valence-corrected chi connectivity index (χ3v) is 3.12. The summed E-state index contributed by atoms with van der Waals surface area (Å²) in [6.07, 6.45) is 1.46. The lowest BCUT2D eigenvalue weighted by atomic mass is 10.1. The number of fused-ring (bicyclic) bond motifs is 1. The number of rotatable bonds is 4. The average molecular weight is 228 g/mol. The van der Waals surface area contributed by atoms with Gasteiger partial charge in [0.1, 0.15) is 0 Å². The van der Waals surface area contributed by atoms with E-state index in [-0.39, 0.29) is 0 Å². The first-order valence-corrected chi connectivity index (χ1v) is 6.13. The second kappa shape index (κ2) is 5.19. The van der Waals surface area contributed by atoms with Gasteiger partial charge in [0.2, 0.25) is 0 Å². The molecule has 0 bridgehead atoms. The third kappa shape index (κ3) is 2.59. The number of hydrogen-bond acceptors (Lipinski definition) is 2. The van der Waals surface area contributed by atoms with Gasteiger partial charge in [-0.15, -0.1) is 0 Å². The van der Waals surface area contributed by atoms with Crippen molar-refractivity contribution in [1.29, 1.82) is 0 Å². The van der Waals surface area contributed by atoms with Crippen molar-refractivity contribution >= 4 is 16.5 Å². The highest BCUT2D eigenvalue weighted by atomic mass is 15.2. The SMILES string of the molecule is CCC(Nc1cccc2ccccc12)N(C)C. The fourth-order valence-electron chi connectivity index (χ4n) is 2.13. The standard InChI is InChI=1S/C15H20N2/c1-4-15(17(2)3)16-14-11-7-9-12-8-5-6-10-13(12)14/h5-11,15-16H,4H2,1-3H3. The maximum absolute atomic E-state index is 3.60. The molecule has 2 nitrogen and oxygen atoms in total. The summed E-state index contributed by atoms with van der Waals surface area (Å²) in [6.45, 7) is 2.20. The summed E-state index contributed by atoms with van der Waals surface area (Å²) in [4.78, 5) is 2.21. The molecule has 90 valence electrons. The minimum atomic E-state index is 0.376. The lowest BCUT2D eigenvalue weighted by Crippen LogP contribution is -2.34. The van der Waals surface area contributed by atoms with E-state index in [4.69, 9.17) is 0 Å². The molecule has 1 unspecified atom stereocenters. The topological polar surface area (TPSA) is 15.3 Å². The van der Waals surface area contributed by atoms with Crippen molar-refractivity contribution in [2.24, 2.45) is 0 Å². The molecule has 0 spiro atoms. The van der Waals surface area contributed by atoms with Crippen LogP contribution < -0.4 is 5.32 Å². The first-order chi connectivity index (χ1) is 8.22. The molecule has 0 radical (unpaired) electrons. The van der Waals surface area contributed by atoms with Gasteiger partial charge >= 0.3 is 0 Å². The fraction of sp³-hybridized carbons (Fsp3) is 0.333. The van der Waals surface area contributed by atoms with Gasteiger partial charge in [0.15, 0.2) is 0 Å². The second-order valence-electron chi connectivity index (χ2n) is 4.56. The molecule has 0 saturated carbocycles. The average Bonchev–Trinajstić information content (AvgIpc) is 2.35. The summed E-state index contributed by atoms with van der Waals surface area (Å²) in [5.74, 6) is 0. The smallest absolute Gasteiger partial charge is 0.0785 e. The lowest BCUT2D eigenvalue weighted by molar-refractivity contribution is 0.315. The van der Waals surface area contributed by atoms with Gasteiger partial charge < -0.3 is 5.32 Å². The molecule has 1 atom stereocenters. The number of hydrogen-bond donors (Lipinski definition) is 1. The van der Waals surface area contributed by atoms with Crippen LogP contribution in [0.2, 0.25) is 0 Å². The molecule has 0 amide bonds. The number of nitrogens with one attached hydrogen (secondary N) is 1. The summed E-state index contributed by atoms with van der Waals surface area (Å²) in [7, 11) is 4.21. The largest absolute Gasteiger partial charge is 0.369 e. The molecule has 0 aromatic heterocycles. The zero-order valence-corrected chi connectivity index (χ0v) is 10.8. The molecule has 0 heterocycles. The molecule has 0 aliphatic carbocycles. The molecule has 2 heteroatoms. The Morgan fingerprint density at radius 3 is 2.47 bits per heavy atom. The van der Waals surface area contributed by atoms with E-state index in [1.54, 1.807) is 0 Å². The Kier molecular flexibility index (Phi) is 3.64. The highest BCUT2D eigenvalue weighted by Gasteiger charge is 2.09. The van der Waals surface area contributed by atoms with Gasteiger partial charge in [0.05, 0.1) is 6.17 Å². The van der Waals surface area contributed by atoms with Crippen molar-refractivity contribution < 1.29 is 0 Å². The van der Waals surface area contributed by atoms with Gasteiger partial charge in [-0.2, -0.15) is 0 Å². The van der Waals surface area contributed by atoms with E-state index in [2.05, 4.69) is 73.7 Å². The van der Waals surface area contributed by atoms with E-state index < -0.39 is 0 Å². The van der Waals surface area contributed by atoms with Crippen LogP contribution in [0.1, 0.15) is 13.3 Å². The highest BCUT2D eigenvalue weighted by molar-refractivity contribution is 5.93. The molecule has 0 aliphatic rings. The van der Waals surface area contributed by atoms with Crippen LogP contribution in [-0.4, -0.2) is 25.2 Å². The van der Waals surface area contributed by atoms with Gasteiger partial charge in [0.25, 0.3) is 0 Å². The van der Waals surface area contributed by atoms with E-state index in [1.165, 1.54) is 16.5 Å². The Labute approximate surface area is 103 Å². The van der Waals surface area contributed by atoms with Gasteiger partial charge in [-0.3, -0.25) is 4.90 Å². The van der Waals surface area contributed by atoms with Crippen molar-refractivity contribution in [1.82, 2.24) is 4.90 Å². The van der Waals surface area contributed by atoms with Crippen molar-refractivity contribution in [2.75, 3.05) is 19.4 Å². The minimum absolute atomic E-state index is 0.376. The summed E-state index contributed by atoms with van der Waals surface area (Å²) >= 11 is 0. The quantitative estimate of drug-likeness (QED) is 0.805. The van der Waals surface area contributed by atoms with E-state index in [9.17, 15) is 0 Å². The zero-order valence-electron chi connectivity index (χ0n) is 10.8. The van der Waals surface area contributed by atoms with Crippen molar-refractivity contribution in [3.8, 4) is 0 Å². The van der Waals surface area contributed by atoms with Crippen LogP contribution in [0.4, 0.5) is 5.69 Å². The maximum atomic E-state index is 3.60. The molecule has 2 aromatic rings. The Bertz CT molecular complexity index is 486. The molecule has 0 saturated heterocycles. The second-order valence-corrected chi connectivity index (χ2v) is 4.56. The summed E-state index contributed by atoms with van der Waals surface area (Å²) in [5.41, 5.74) is 1.21. The van der Waals surface area contributed by atoms with Crippen LogP contribution in [0.15, 0.2) is 42.5 Å². The van der Waals surface area contributed by atoms with Gasteiger partial charge in [-0.1, -0.05) is 43.3 Å². The van der Waals surface area contributed by atoms with Crippen molar-refractivity contribution in [3.05, 3.63) is 42.5 Å². The monoisotopic (exact) mass is 228 g/mol. The summed E-state index contributed by atoms with van der Waals surface area (Å²) in [5, 5.41) is 6.17. The van der Waals surface area contributed by atoms with Crippen LogP contribution in [-0.2, 0) is 0 Å². The van der Waals surface area contributed by atoms with E-state index >= 15 is 0 Å². The van der Waals surface area contributed by atoms with Crippen LogP contribution in [0.25, 0.3) is 10.8 Å². The normalized spacial score (nSPS) is 12.9. The molecule has 1 N–H and O–H groups in total. The predicted molar refractivity (Wildman–Crippen MR) is 75.3 cm³/mol. The van der Waals surface area contributed by atoms with Crippen molar-refractivity contribution in [3.63, 3.8) is 0 Å². The molecule has 17 heavy (non-hydrogen) atoms. The Hall–Kier alpha value is -1.54. The van der Waals surface area contributed by atoms with Crippen LogP contribution in [0.5, 0.6) is 0 Å². The minimum Gasteiger partial charge on any atom is -0.369 e. The highest BCUT2D eigenvalue weighted by Crippen LogP contribution is 2.24. The molecule has 0 aliphatic heterocycles. The molecular weight excluding hydrogens is 208 g/mol. The number of nitrogens with zero attached hydrogens (tertiary/aromatic N) is 1. The first kappa shape index (κ1) is 11.9. The van der Waals surface area contributed by atoms with Gasteiger partial charge in [-0.25, -0.2) is 0 Å². The summed E-state index contributed by atoms with van der Waals surface area (Å²) < 4.78 is 0. The molecule has 2 aromatic carbocycles. The number of benzene rings is 2. The molecule has 2 rings (SSSR count). The molecular formula is C15H20N2. The number of anilines is 1. The van der Waals surface area contributed by atoms with Gasteiger partial charge in [-0.05, 0) is 32.0 Å². The zero-order chi connectivity index (χ0) is 12.3. The van der Waals surface area contributed by atoms with E-state index in [1.807, 2.05) is 0 Å². The van der Waals surface area contributed by atoms with Crippen molar-refractivity contribution in [2.45, 2.75) is 19.5 Å². The fourth-order valence-corrected chi connectivity index (χ4v) is 2.13. The first-order valence-electron chi connectivity index (χ1n) is 6.13.